The SMILES string of the molecule is O=S(=O)(O)c1cc2ccccc2cc1O.[Na]. The zero-order chi connectivity index (χ0) is 11.1. The van der Waals surface area contributed by atoms with Crippen molar-refractivity contribution in [2.24, 2.45) is 0 Å². The number of hydrogen-bond donors (Lipinski definition) is 2. The first-order valence-electron chi connectivity index (χ1n) is 4.18. The summed E-state index contributed by atoms with van der Waals surface area (Å²) in [4.78, 5) is -0.471. The molecular weight excluding hydrogens is 239 g/mol. The van der Waals surface area contributed by atoms with E-state index in [2.05, 4.69) is 0 Å². The average Bonchev–Trinajstić information content (AvgIpc) is 2.15. The molecule has 0 aliphatic rings. The summed E-state index contributed by atoms with van der Waals surface area (Å²) in [6.07, 6.45) is 0. The molecule has 1 radical (unpaired) electrons. The van der Waals surface area contributed by atoms with Crippen molar-refractivity contribution >= 4 is 50.4 Å². The van der Waals surface area contributed by atoms with Gasteiger partial charge in [-0.1, -0.05) is 24.3 Å². The van der Waals surface area contributed by atoms with Crippen LogP contribution in [0, 0.1) is 0 Å². The van der Waals surface area contributed by atoms with Crippen molar-refractivity contribution in [2.75, 3.05) is 0 Å². The van der Waals surface area contributed by atoms with Gasteiger partial charge >= 0.3 is 0 Å². The Morgan fingerprint density at radius 3 is 2.00 bits per heavy atom. The molecule has 0 aliphatic carbocycles. The number of phenols is 1. The van der Waals surface area contributed by atoms with E-state index in [4.69, 9.17) is 4.55 Å². The largest absolute Gasteiger partial charge is 0.506 e. The average molecular weight is 247 g/mol. The molecule has 6 heteroatoms. The van der Waals surface area contributed by atoms with Gasteiger partial charge in [0.1, 0.15) is 10.6 Å². The van der Waals surface area contributed by atoms with E-state index in [1.54, 1.807) is 24.3 Å². The van der Waals surface area contributed by atoms with Gasteiger partial charge in [0.05, 0.1) is 0 Å². The molecule has 0 bridgehead atoms. The molecule has 0 atom stereocenters. The Hall–Kier alpha value is -0.590. The van der Waals surface area contributed by atoms with Crippen LogP contribution in [-0.2, 0) is 10.1 Å². The van der Waals surface area contributed by atoms with Gasteiger partial charge in [-0.05, 0) is 22.9 Å². The molecule has 79 valence electrons. The Bertz CT molecular complexity index is 622. The molecule has 0 saturated heterocycles. The smallest absolute Gasteiger partial charge is 0.298 e. The molecule has 2 rings (SSSR count). The normalized spacial score (nSPS) is 11.1. The molecule has 2 aromatic rings. The number of fused-ring (bicyclic) bond motifs is 1. The monoisotopic (exact) mass is 247 g/mol. The minimum absolute atomic E-state index is 0. The maximum absolute atomic E-state index is 10.9. The van der Waals surface area contributed by atoms with Crippen LogP contribution >= 0.6 is 0 Å². The minimum Gasteiger partial charge on any atom is -0.506 e. The number of aromatic hydroxyl groups is 1. The van der Waals surface area contributed by atoms with Crippen LogP contribution in [0.3, 0.4) is 0 Å². The Kier molecular flexibility index (Phi) is 3.98. The maximum Gasteiger partial charge on any atom is 0.298 e. The van der Waals surface area contributed by atoms with Crippen molar-refractivity contribution in [3.63, 3.8) is 0 Å². The molecule has 0 spiro atoms. The van der Waals surface area contributed by atoms with Crippen LogP contribution in [0.5, 0.6) is 5.75 Å². The third kappa shape index (κ3) is 2.56. The number of phenolic OH excluding ortho intramolecular Hbond substituents is 1. The van der Waals surface area contributed by atoms with Crippen molar-refractivity contribution in [2.45, 2.75) is 4.90 Å². The van der Waals surface area contributed by atoms with Crippen LogP contribution in [0.15, 0.2) is 41.3 Å². The summed E-state index contributed by atoms with van der Waals surface area (Å²) >= 11 is 0. The first kappa shape index (κ1) is 13.5. The van der Waals surface area contributed by atoms with Crippen LogP contribution < -0.4 is 0 Å². The Morgan fingerprint density at radius 2 is 1.50 bits per heavy atom. The Balaban J connectivity index is 0.00000128. The van der Waals surface area contributed by atoms with E-state index in [0.29, 0.717) is 10.8 Å². The van der Waals surface area contributed by atoms with Gasteiger partial charge in [0.15, 0.2) is 0 Å². The third-order valence-corrected chi connectivity index (χ3v) is 2.99. The summed E-state index contributed by atoms with van der Waals surface area (Å²) in [5.74, 6) is -0.448. The molecule has 0 amide bonds. The van der Waals surface area contributed by atoms with E-state index >= 15 is 0 Å². The number of hydrogen-bond acceptors (Lipinski definition) is 3. The van der Waals surface area contributed by atoms with Crippen molar-refractivity contribution in [1.29, 1.82) is 0 Å². The van der Waals surface area contributed by atoms with Crippen LogP contribution in [0.4, 0.5) is 0 Å². The quantitative estimate of drug-likeness (QED) is 0.590. The van der Waals surface area contributed by atoms with Gasteiger partial charge in [0.2, 0.25) is 0 Å². The molecule has 0 fully saturated rings. The Morgan fingerprint density at radius 1 is 1.00 bits per heavy atom. The van der Waals surface area contributed by atoms with E-state index in [9.17, 15) is 13.5 Å². The van der Waals surface area contributed by atoms with Gasteiger partial charge in [0, 0.05) is 29.6 Å². The molecule has 0 aliphatic heterocycles. The second-order valence-electron chi connectivity index (χ2n) is 3.14. The summed E-state index contributed by atoms with van der Waals surface area (Å²) in [6.45, 7) is 0. The van der Waals surface area contributed by atoms with E-state index in [1.807, 2.05) is 0 Å². The zero-order valence-corrected chi connectivity index (χ0v) is 11.4. The van der Waals surface area contributed by atoms with Gasteiger partial charge in [0.25, 0.3) is 10.1 Å². The van der Waals surface area contributed by atoms with Crippen molar-refractivity contribution in [1.82, 2.24) is 0 Å². The topological polar surface area (TPSA) is 74.6 Å². The molecule has 0 unspecified atom stereocenters. The third-order valence-electron chi connectivity index (χ3n) is 2.11. The van der Waals surface area contributed by atoms with Gasteiger partial charge in [-0.2, -0.15) is 8.42 Å². The zero-order valence-electron chi connectivity index (χ0n) is 8.58. The van der Waals surface area contributed by atoms with Gasteiger partial charge in [-0.15, -0.1) is 0 Å². The first-order chi connectivity index (χ1) is 6.98. The van der Waals surface area contributed by atoms with Crippen LogP contribution in [0.25, 0.3) is 10.8 Å². The molecule has 0 heterocycles. The molecule has 0 aromatic heterocycles. The molecule has 2 aromatic carbocycles. The van der Waals surface area contributed by atoms with Crippen LogP contribution in [0.1, 0.15) is 0 Å². The molecule has 2 N–H and O–H groups in total. The van der Waals surface area contributed by atoms with Gasteiger partial charge in [-0.3, -0.25) is 4.55 Å². The van der Waals surface area contributed by atoms with Crippen molar-refractivity contribution in [3.8, 4) is 5.75 Å². The minimum atomic E-state index is -4.37. The molecular formula is C10H8NaO4S. The fourth-order valence-electron chi connectivity index (χ4n) is 1.41. The standard InChI is InChI=1S/C10H8O4S.Na/c11-9-5-7-3-1-2-4-8(7)6-10(9)15(12,13)14;/h1-6,11H,(H,12,13,14);. The summed E-state index contributed by atoms with van der Waals surface area (Å²) < 4.78 is 30.6. The summed E-state index contributed by atoms with van der Waals surface area (Å²) in [5, 5.41) is 10.8. The van der Waals surface area contributed by atoms with Gasteiger partial charge in [-0.25, -0.2) is 0 Å². The summed E-state index contributed by atoms with van der Waals surface area (Å²) in [6, 6.07) is 9.49. The summed E-state index contributed by atoms with van der Waals surface area (Å²) in [5.41, 5.74) is 0. The number of benzene rings is 2. The van der Waals surface area contributed by atoms with Crippen molar-refractivity contribution in [3.05, 3.63) is 36.4 Å². The second-order valence-corrected chi connectivity index (χ2v) is 4.53. The molecule has 16 heavy (non-hydrogen) atoms. The molecule has 4 nitrogen and oxygen atoms in total. The predicted molar refractivity (Wildman–Crippen MR) is 61.2 cm³/mol. The van der Waals surface area contributed by atoms with E-state index in [0.717, 1.165) is 0 Å². The fraction of sp³-hybridized carbons (Fsp3) is 0. The van der Waals surface area contributed by atoms with Crippen LogP contribution in [-0.4, -0.2) is 47.6 Å². The van der Waals surface area contributed by atoms with E-state index < -0.39 is 20.8 Å². The predicted octanol–water partition coefficient (Wildman–Crippen LogP) is 1.41. The number of rotatable bonds is 1. The van der Waals surface area contributed by atoms with Gasteiger partial charge < -0.3 is 5.11 Å². The van der Waals surface area contributed by atoms with E-state index in [-0.39, 0.29) is 29.6 Å². The molecule has 0 saturated carbocycles. The Labute approximate surface area is 115 Å². The van der Waals surface area contributed by atoms with E-state index in [1.165, 1.54) is 12.1 Å². The second kappa shape index (κ2) is 4.73. The van der Waals surface area contributed by atoms with Crippen LogP contribution in [0.2, 0.25) is 0 Å². The summed E-state index contributed by atoms with van der Waals surface area (Å²) in [7, 11) is -4.37. The van der Waals surface area contributed by atoms with Crippen molar-refractivity contribution < 1.29 is 18.1 Å². The maximum atomic E-state index is 10.9. The fourth-order valence-corrected chi connectivity index (χ4v) is 2.01. The first-order valence-corrected chi connectivity index (χ1v) is 5.62.